The molecule has 0 aliphatic rings. The molecule has 17 heavy (non-hydrogen) atoms. The van der Waals surface area contributed by atoms with Gasteiger partial charge in [0.1, 0.15) is 5.75 Å². The van der Waals surface area contributed by atoms with Gasteiger partial charge < -0.3 is 18.9 Å². The van der Waals surface area contributed by atoms with Crippen molar-refractivity contribution in [3.8, 4) is 5.75 Å². The Labute approximate surface area is 186 Å². The van der Waals surface area contributed by atoms with Crippen LogP contribution in [0.3, 0.4) is 0 Å². The fourth-order valence-corrected chi connectivity index (χ4v) is 0.696. The number of ether oxygens (including phenoxy) is 1. The summed E-state index contributed by atoms with van der Waals surface area (Å²) in [5, 5.41) is 8.78. The molecule has 0 heterocycles. The molecule has 0 radical (unpaired) electrons. The van der Waals surface area contributed by atoms with Gasteiger partial charge in [-0.2, -0.15) is 0 Å². The summed E-state index contributed by atoms with van der Waals surface area (Å²) < 4.78 is 39.1. The van der Waals surface area contributed by atoms with E-state index in [9.17, 15) is 0 Å². The Balaban J connectivity index is -0.000000247. The van der Waals surface area contributed by atoms with Crippen LogP contribution < -0.4 is 108 Å². The maximum absolute atomic E-state index is 8.78. The molecule has 9 heteroatoms. The minimum atomic E-state index is -5.17. The van der Waals surface area contributed by atoms with Gasteiger partial charge in [0.15, 0.2) is 6.29 Å². The van der Waals surface area contributed by atoms with E-state index in [4.69, 9.17) is 27.4 Å². The summed E-state index contributed by atoms with van der Waals surface area (Å²) in [6.45, 7) is 1.58. The molecule has 1 atom stereocenters. The topological polar surface area (TPSA) is 110 Å². The molecule has 6 nitrogen and oxygen atoms in total. The van der Waals surface area contributed by atoms with Crippen LogP contribution in [-0.4, -0.2) is 28.9 Å². The minimum absolute atomic E-state index is 0. The van der Waals surface area contributed by atoms with Gasteiger partial charge in [-0.15, -0.1) is 0 Å². The zero-order valence-electron chi connectivity index (χ0n) is 9.86. The third-order valence-electron chi connectivity index (χ3n) is 1.05. The van der Waals surface area contributed by atoms with Gasteiger partial charge in [0.2, 0.25) is 0 Å². The summed E-state index contributed by atoms with van der Waals surface area (Å²) in [4.78, 5) is 0. The van der Waals surface area contributed by atoms with Gasteiger partial charge in [0, 0.05) is 10.4 Å². The first kappa shape index (κ1) is 24.2. The Hall–Kier alpha value is 2.12. The molecule has 0 aliphatic heterocycles. The average Bonchev–Trinajstić information content (AvgIpc) is 2.01. The predicted molar refractivity (Wildman–Crippen MR) is 49.2 cm³/mol. The Morgan fingerprint density at radius 3 is 1.82 bits per heavy atom. The molecule has 0 saturated carbocycles. The first-order valence-corrected chi connectivity index (χ1v) is 5.19. The number of hydrogen-bond donors (Lipinski definition) is 1. The Morgan fingerprint density at radius 1 is 1.18 bits per heavy atom. The van der Waals surface area contributed by atoms with Crippen molar-refractivity contribution in [1.82, 2.24) is 0 Å². The summed E-state index contributed by atoms with van der Waals surface area (Å²) in [5.41, 5.74) is 0. The van der Waals surface area contributed by atoms with E-state index < -0.39 is 16.7 Å². The van der Waals surface area contributed by atoms with Crippen molar-refractivity contribution in [2.45, 2.75) is 13.2 Å². The van der Waals surface area contributed by atoms with E-state index in [0.717, 1.165) is 0 Å². The van der Waals surface area contributed by atoms with Crippen molar-refractivity contribution in [1.29, 1.82) is 0 Å². The van der Waals surface area contributed by atoms with E-state index in [2.05, 4.69) is 0 Å². The standard InChI is InChI=1S/C8H10O2.2K.H2O4S/c1-7(9)10-8-5-3-2-4-6-8;;;1-5(2,3)4/h2-7,9H,1H3;;;(H2,1,2,3,4)/q;2*+1;/p-2. The number of benzene rings is 1. The summed E-state index contributed by atoms with van der Waals surface area (Å²) in [6.07, 6.45) is -0.734. The van der Waals surface area contributed by atoms with Crippen molar-refractivity contribution < 1.29 is 130 Å². The van der Waals surface area contributed by atoms with Crippen LogP contribution in [0.25, 0.3) is 0 Å². The first-order chi connectivity index (χ1) is 6.79. The smallest absolute Gasteiger partial charge is 0.759 e. The minimum Gasteiger partial charge on any atom is -0.759 e. The maximum Gasteiger partial charge on any atom is 1.00 e. The van der Waals surface area contributed by atoms with Crippen molar-refractivity contribution in [2.75, 3.05) is 0 Å². The fourth-order valence-electron chi connectivity index (χ4n) is 0.696. The van der Waals surface area contributed by atoms with Crippen molar-refractivity contribution in [3.63, 3.8) is 0 Å². The van der Waals surface area contributed by atoms with Gasteiger partial charge in [-0.3, -0.25) is 8.42 Å². The summed E-state index contributed by atoms with van der Waals surface area (Å²) in [6, 6.07) is 9.21. The Bertz CT molecular complexity index is 359. The van der Waals surface area contributed by atoms with Crippen LogP contribution in [0.2, 0.25) is 0 Å². The molecular formula is C8H10K2O6S. The third-order valence-corrected chi connectivity index (χ3v) is 1.05. The fraction of sp³-hybridized carbons (Fsp3) is 0.250. The molecule has 0 bridgehead atoms. The maximum atomic E-state index is 8.78. The molecule has 0 saturated heterocycles. The molecular weight excluding hydrogens is 302 g/mol. The van der Waals surface area contributed by atoms with Gasteiger partial charge in [0.25, 0.3) is 0 Å². The van der Waals surface area contributed by atoms with Crippen LogP contribution in [0.5, 0.6) is 5.75 Å². The van der Waals surface area contributed by atoms with E-state index in [0.29, 0.717) is 5.75 Å². The van der Waals surface area contributed by atoms with Gasteiger partial charge in [-0.1, -0.05) is 18.2 Å². The van der Waals surface area contributed by atoms with Gasteiger partial charge in [-0.25, -0.2) is 0 Å². The SMILES string of the molecule is CC(O)Oc1ccccc1.O=S(=O)([O-])[O-].[K+].[K+]. The van der Waals surface area contributed by atoms with Crippen LogP contribution in [0, 0.1) is 0 Å². The molecule has 0 aliphatic carbocycles. The molecule has 0 aromatic heterocycles. The zero-order chi connectivity index (χ0) is 11.9. The van der Waals surface area contributed by atoms with Gasteiger partial charge >= 0.3 is 103 Å². The largest absolute Gasteiger partial charge is 1.00 e. The van der Waals surface area contributed by atoms with E-state index in [1.165, 1.54) is 0 Å². The molecule has 1 aromatic carbocycles. The molecule has 1 N–H and O–H groups in total. The van der Waals surface area contributed by atoms with Crippen molar-refractivity contribution >= 4 is 10.4 Å². The Morgan fingerprint density at radius 2 is 1.53 bits per heavy atom. The second-order valence-corrected chi connectivity index (χ2v) is 3.25. The number of rotatable bonds is 2. The van der Waals surface area contributed by atoms with Crippen molar-refractivity contribution in [3.05, 3.63) is 30.3 Å². The third kappa shape index (κ3) is 23.6. The molecule has 1 aromatic rings. The molecule has 0 amide bonds. The van der Waals surface area contributed by atoms with E-state index in [1.807, 2.05) is 18.2 Å². The monoisotopic (exact) mass is 312 g/mol. The van der Waals surface area contributed by atoms with Crippen LogP contribution in [0.1, 0.15) is 6.92 Å². The average molecular weight is 312 g/mol. The Kier molecular flexibility index (Phi) is 18.6. The van der Waals surface area contributed by atoms with Crippen LogP contribution in [-0.2, 0) is 10.4 Å². The van der Waals surface area contributed by atoms with Gasteiger partial charge in [0.05, 0.1) is 0 Å². The molecule has 0 fully saturated rings. The first-order valence-electron chi connectivity index (χ1n) is 3.85. The molecule has 86 valence electrons. The number of aliphatic hydroxyl groups is 1. The van der Waals surface area contributed by atoms with Crippen LogP contribution in [0.15, 0.2) is 30.3 Å². The van der Waals surface area contributed by atoms with Gasteiger partial charge in [-0.05, 0) is 19.1 Å². The number of para-hydroxylation sites is 1. The predicted octanol–water partition coefficient (Wildman–Crippen LogP) is -5.93. The van der Waals surface area contributed by atoms with E-state index in [-0.39, 0.29) is 103 Å². The molecule has 1 rings (SSSR count). The zero-order valence-corrected chi connectivity index (χ0v) is 16.9. The van der Waals surface area contributed by atoms with Crippen LogP contribution >= 0.6 is 0 Å². The van der Waals surface area contributed by atoms with E-state index >= 15 is 0 Å². The molecule has 0 spiro atoms. The number of hydrogen-bond acceptors (Lipinski definition) is 6. The normalized spacial score (nSPS) is 10.8. The van der Waals surface area contributed by atoms with Crippen LogP contribution in [0.4, 0.5) is 0 Å². The quantitative estimate of drug-likeness (QED) is 0.252. The van der Waals surface area contributed by atoms with E-state index in [1.54, 1.807) is 19.1 Å². The summed E-state index contributed by atoms with van der Waals surface area (Å²) in [5.74, 6) is 0.692. The second-order valence-electron chi connectivity index (χ2n) is 2.44. The summed E-state index contributed by atoms with van der Waals surface area (Å²) in [7, 11) is -5.17. The van der Waals surface area contributed by atoms with Crippen molar-refractivity contribution in [2.24, 2.45) is 0 Å². The number of aliphatic hydroxyl groups excluding tert-OH is 1. The second kappa shape index (κ2) is 13.1. The molecule has 1 unspecified atom stereocenters. The summed E-state index contributed by atoms with van der Waals surface area (Å²) >= 11 is 0.